The topological polar surface area (TPSA) is 58.7 Å². The maximum Gasteiger partial charge on any atom is 0.271 e. The first-order chi connectivity index (χ1) is 16.1. The van der Waals surface area contributed by atoms with Crippen molar-refractivity contribution in [2.75, 3.05) is 4.90 Å². The van der Waals surface area contributed by atoms with E-state index in [0.29, 0.717) is 43.0 Å². The fourth-order valence-corrected chi connectivity index (χ4v) is 4.85. The number of para-hydroxylation sites is 1. The summed E-state index contributed by atoms with van der Waals surface area (Å²) in [6.45, 7) is 0. The number of pyridine rings is 1. The van der Waals surface area contributed by atoms with Gasteiger partial charge in [0, 0.05) is 12.3 Å². The smallest absolute Gasteiger partial charge is 0.271 e. The number of hydrogen-bond acceptors (Lipinski definition) is 5. The molecule has 0 aliphatic carbocycles. The van der Waals surface area contributed by atoms with Crippen LogP contribution in [-0.4, -0.2) is 16.1 Å². The van der Waals surface area contributed by atoms with Crippen molar-refractivity contribution in [2.24, 2.45) is 4.99 Å². The Hall–Kier alpha value is -3.32. The highest BCUT2D eigenvalue weighted by Crippen LogP contribution is 2.39. The first-order valence-electron chi connectivity index (χ1n) is 9.93. The second kappa shape index (κ2) is 9.27. The number of benzene rings is 2. The highest BCUT2D eigenvalue weighted by atomic mass is 35.5. The van der Waals surface area contributed by atoms with Crippen molar-refractivity contribution in [1.82, 2.24) is 4.98 Å². The molecule has 1 fully saturated rings. The monoisotopic (exact) mass is 491 g/mol. The Labute approximate surface area is 204 Å². The molecule has 1 aliphatic rings. The zero-order valence-electron chi connectivity index (χ0n) is 17.0. The van der Waals surface area contributed by atoms with Crippen LogP contribution in [0.4, 0.5) is 11.5 Å². The lowest BCUT2D eigenvalue weighted by molar-refractivity contribution is -0.113. The number of rotatable bonds is 4. The number of hydrogen-bond donors (Lipinski definition) is 0. The van der Waals surface area contributed by atoms with Gasteiger partial charge in [-0.3, -0.25) is 9.69 Å². The van der Waals surface area contributed by atoms with Crippen molar-refractivity contribution >= 4 is 63.6 Å². The van der Waals surface area contributed by atoms with Gasteiger partial charge in [-0.25, -0.2) is 9.98 Å². The van der Waals surface area contributed by atoms with E-state index in [2.05, 4.69) is 9.98 Å². The van der Waals surface area contributed by atoms with Gasteiger partial charge in [0.15, 0.2) is 11.0 Å². The number of amidine groups is 1. The van der Waals surface area contributed by atoms with Gasteiger partial charge in [-0.2, -0.15) is 0 Å². The molecule has 0 atom stereocenters. The SMILES string of the molecule is O=C1/C(=C\c2ccc(-c3c(Cl)cccc3Cl)o2)S/C(=N/c2ccccn2)N1c1ccccc1. The van der Waals surface area contributed by atoms with Crippen LogP contribution in [0.1, 0.15) is 5.76 Å². The molecule has 33 heavy (non-hydrogen) atoms. The highest BCUT2D eigenvalue weighted by molar-refractivity contribution is 8.19. The van der Waals surface area contributed by atoms with Crippen molar-refractivity contribution < 1.29 is 9.21 Å². The average molecular weight is 492 g/mol. The fourth-order valence-electron chi connectivity index (χ4n) is 3.30. The van der Waals surface area contributed by atoms with E-state index < -0.39 is 0 Å². The Balaban J connectivity index is 1.52. The summed E-state index contributed by atoms with van der Waals surface area (Å²) in [5.74, 6) is 1.34. The van der Waals surface area contributed by atoms with Gasteiger partial charge in [0.2, 0.25) is 0 Å². The van der Waals surface area contributed by atoms with E-state index >= 15 is 0 Å². The lowest BCUT2D eigenvalue weighted by Crippen LogP contribution is -2.28. The largest absolute Gasteiger partial charge is 0.457 e. The molecule has 1 amide bonds. The predicted octanol–water partition coefficient (Wildman–Crippen LogP) is 7.46. The second-order valence-corrected chi connectivity index (χ2v) is 8.79. The summed E-state index contributed by atoms with van der Waals surface area (Å²) < 4.78 is 5.95. The molecule has 1 aliphatic heterocycles. The minimum absolute atomic E-state index is 0.199. The summed E-state index contributed by atoms with van der Waals surface area (Å²) in [5, 5.41) is 1.49. The minimum atomic E-state index is -0.199. The molecule has 4 aromatic rings. The van der Waals surface area contributed by atoms with E-state index in [1.165, 1.54) is 11.8 Å². The van der Waals surface area contributed by atoms with Crippen LogP contribution in [0.3, 0.4) is 0 Å². The number of nitrogens with zero attached hydrogens (tertiary/aromatic N) is 3. The van der Waals surface area contributed by atoms with Crippen molar-refractivity contribution in [2.45, 2.75) is 0 Å². The third-order valence-electron chi connectivity index (χ3n) is 4.79. The number of anilines is 1. The van der Waals surface area contributed by atoms with Gasteiger partial charge in [0.1, 0.15) is 11.5 Å². The van der Waals surface area contributed by atoms with Crippen LogP contribution < -0.4 is 4.90 Å². The van der Waals surface area contributed by atoms with Crippen LogP contribution >= 0.6 is 35.0 Å². The van der Waals surface area contributed by atoms with Crippen LogP contribution in [0.15, 0.2) is 99.4 Å². The molecule has 1 saturated heterocycles. The van der Waals surface area contributed by atoms with Gasteiger partial charge < -0.3 is 4.42 Å². The van der Waals surface area contributed by atoms with E-state index in [9.17, 15) is 4.79 Å². The summed E-state index contributed by atoms with van der Waals surface area (Å²) in [7, 11) is 0. The van der Waals surface area contributed by atoms with Gasteiger partial charge in [-0.15, -0.1) is 0 Å². The number of furan rings is 1. The number of amides is 1. The van der Waals surface area contributed by atoms with Crippen LogP contribution in [-0.2, 0) is 4.79 Å². The number of aromatic nitrogens is 1. The minimum Gasteiger partial charge on any atom is -0.457 e. The Morgan fingerprint density at radius 3 is 2.39 bits per heavy atom. The quantitative estimate of drug-likeness (QED) is 0.278. The number of carbonyl (C=O) groups is 1. The van der Waals surface area contributed by atoms with Gasteiger partial charge >= 0.3 is 0 Å². The molecule has 0 spiro atoms. The molecule has 0 N–H and O–H groups in total. The molecule has 0 saturated carbocycles. The predicted molar refractivity (Wildman–Crippen MR) is 135 cm³/mol. The molecule has 0 bridgehead atoms. The standard InChI is InChI=1S/C25H15Cl2N3O2S/c26-18-9-6-10-19(27)23(18)20-13-12-17(32-20)15-21-24(31)30(16-7-2-1-3-8-16)25(33-21)29-22-11-4-5-14-28-22/h1-15H/b21-15+,29-25+. The Kier molecular flexibility index (Phi) is 6.05. The summed E-state index contributed by atoms with van der Waals surface area (Å²) in [5.41, 5.74) is 1.33. The third-order valence-corrected chi connectivity index (χ3v) is 6.39. The van der Waals surface area contributed by atoms with Gasteiger partial charge in [0.25, 0.3) is 5.91 Å². The van der Waals surface area contributed by atoms with Gasteiger partial charge in [-0.05, 0) is 60.3 Å². The Morgan fingerprint density at radius 1 is 0.909 bits per heavy atom. The lowest BCUT2D eigenvalue weighted by atomic mass is 10.2. The number of aliphatic imine (C=N–C) groups is 1. The number of halogens is 2. The van der Waals surface area contributed by atoms with Crippen LogP contribution in [0.5, 0.6) is 0 Å². The molecule has 162 valence electrons. The zero-order chi connectivity index (χ0) is 22.8. The normalized spacial score (nSPS) is 16.2. The third kappa shape index (κ3) is 4.46. The van der Waals surface area contributed by atoms with Crippen molar-refractivity contribution in [3.8, 4) is 11.3 Å². The molecule has 8 heteroatoms. The molecular formula is C25H15Cl2N3O2S. The first-order valence-corrected chi connectivity index (χ1v) is 11.5. The van der Waals surface area contributed by atoms with E-state index in [4.69, 9.17) is 27.6 Å². The summed E-state index contributed by atoms with van der Waals surface area (Å²) in [6, 6.07) is 23.6. The van der Waals surface area contributed by atoms with E-state index in [0.717, 1.165) is 5.69 Å². The van der Waals surface area contributed by atoms with Crippen LogP contribution in [0.25, 0.3) is 17.4 Å². The summed E-state index contributed by atoms with van der Waals surface area (Å²) in [4.78, 5) is 24.2. The molecule has 2 aromatic heterocycles. The zero-order valence-corrected chi connectivity index (χ0v) is 19.3. The Bertz CT molecular complexity index is 1370. The maximum absolute atomic E-state index is 13.3. The molecule has 3 heterocycles. The van der Waals surface area contributed by atoms with E-state index in [1.54, 1.807) is 53.6 Å². The molecule has 5 rings (SSSR count). The van der Waals surface area contributed by atoms with Gasteiger partial charge in [-0.1, -0.05) is 53.5 Å². The number of thioether (sulfide) groups is 1. The highest BCUT2D eigenvalue weighted by Gasteiger charge is 2.35. The lowest BCUT2D eigenvalue weighted by Gasteiger charge is -2.15. The maximum atomic E-state index is 13.3. The van der Waals surface area contributed by atoms with Gasteiger partial charge in [0.05, 0.1) is 26.2 Å². The summed E-state index contributed by atoms with van der Waals surface area (Å²) >= 11 is 13.9. The second-order valence-electron chi connectivity index (χ2n) is 6.97. The fraction of sp³-hybridized carbons (Fsp3) is 0. The molecule has 5 nitrogen and oxygen atoms in total. The van der Waals surface area contributed by atoms with Crippen LogP contribution in [0.2, 0.25) is 10.0 Å². The summed E-state index contributed by atoms with van der Waals surface area (Å²) in [6.07, 6.45) is 3.35. The Morgan fingerprint density at radius 2 is 1.67 bits per heavy atom. The van der Waals surface area contributed by atoms with E-state index in [1.807, 2.05) is 42.5 Å². The van der Waals surface area contributed by atoms with Crippen molar-refractivity contribution in [3.05, 3.63) is 106 Å². The molecule has 0 radical (unpaired) electrons. The molecule has 2 aromatic carbocycles. The van der Waals surface area contributed by atoms with Crippen LogP contribution in [0, 0.1) is 0 Å². The molecule has 0 unspecified atom stereocenters. The average Bonchev–Trinajstić information content (AvgIpc) is 3.39. The molecular weight excluding hydrogens is 477 g/mol. The number of carbonyl (C=O) groups excluding carboxylic acids is 1. The first kappa shape index (κ1) is 21.5. The van der Waals surface area contributed by atoms with Crippen molar-refractivity contribution in [3.63, 3.8) is 0 Å². The van der Waals surface area contributed by atoms with Crippen molar-refractivity contribution in [1.29, 1.82) is 0 Å². The van der Waals surface area contributed by atoms with E-state index in [-0.39, 0.29) is 5.91 Å².